The fraction of sp³-hybridized carbons (Fsp3) is 0.650. The predicted octanol–water partition coefficient (Wildman–Crippen LogP) is 3.25. The molecule has 27 heavy (non-hydrogen) atoms. The number of para-hydroxylation sites is 1. The number of aliphatic imine (C=N–C) groups is 1. The van der Waals surface area contributed by atoms with E-state index in [-0.39, 0.29) is 29.5 Å². The third kappa shape index (κ3) is 6.71. The summed E-state index contributed by atoms with van der Waals surface area (Å²) in [4.78, 5) is 6.92. The summed E-state index contributed by atoms with van der Waals surface area (Å²) < 4.78 is 10.9. The average Bonchev–Trinajstić information content (AvgIpc) is 2.68. The monoisotopic (exact) mass is 490 g/mol. The molecule has 1 fully saturated rings. The summed E-state index contributed by atoms with van der Waals surface area (Å²) in [7, 11) is 5.11. The van der Waals surface area contributed by atoms with Crippen LogP contribution in [0.2, 0.25) is 0 Å². The van der Waals surface area contributed by atoms with Crippen LogP contribution >= 0.6 is 24.0 Å². The molecule has 2 rings (SSSR count). The van der Waals surface area contributed by atoms with E-state index in [9.17, 15) is 0 Å². The zero-order chi connectivity index (χ0) is 19.0. The number of nitrogens with zero attached hydrogens (tertiary/aromatic N) is 2. The first-order valence-corrected chi connectivity index (χ1v) is 9.41. The quantitative estimate of drug-likeness (QED) is 0.349. The lowest BCUT2D eigenvalue weighted by Crippen LogP contribution is -2.54. The molecule has 7 heteroatoms. The topological polar surface area (TPSA) is 58.1 Å². The van der Waals surface area contributed by atoms with Crippen LogP contribution in [0.1, 0.15) is 38.7 Å². The summed E-state index contributed by atoms with van der Waals surface area (Å²) >= 11 is 0. The minimum Gasteiger partial charge on any atom is -0.493 e. The van der Waals surface area contributed by atoms with E-state index in [0.717, 1.165) is 29.6 Å². The van der Waals surface area contributed by atoms with E-state index in [4.69, 9.17) is 9.47 Å². The van der Waals surface area contributed by atoms with Crippen LogP contribution in [-0.4, -0.2) is 57.3 Å². The van der Waals surface area contributed by atoms with Crippen LogP contribution < -0.4 is 20.1 Å². The second kappa shape index (κ2) is 11.6. The lowest BCUT2D eigenvalue weighted by molar-refractivity contribution is 0.0982. The maximum absolute atomic E-state index is 5.49. The molecular formula is C20H35IN4O2. The van der Waals surface area contributed by atoms with Gasteiger partial charge in [0.05, 0.1) is 14.2 Å². The molecule has 1 aliphatic heterocycles. The number of halogens is 1. The largest absolute Gasteiger partial charge is 0.493 e. The summed E-state index contributed by atoms with van der Waals surface area (Å²) in [5, 5.41) is 6.84. The fourth-order valence-corrected chi connectivity index (χ4v) is 3.40. The van der Waals surface area contributed by atoms with Gasteiger partial charge in [-0.3, -0.25) is 9.89 Å². The Morgan fingerprint density at radius 3 is 2.41 bits per heavy atom. The van der Waals surface area contributed by atoms with Crippen molar-refractivity contribution in [1.29, 1.82) is 0 Å². The van der Waals surface area contributed by atoms with Gasteiger partial charge in [0.1, 0.15) is 0 Å². The fourth-order valence-electron chi connectivity index (χ4n) is 3.40. The highest BCUT2D eigenvalue weighted by atomic mass is 127. The zero-order valence-electron chi connectivity index (χ0n) is 17.3. The molecule has 1 aromatic carbocycles. The molecule has 1 saturated heterocycles. The molecule has 0 radical (unpaired) electrons. The third-order valence-electron chi connectivity index (χ3n) is 5.05. The second-order valence-corrected chi connectivity index (χ2v) is 7.29. The first kappa shape index (κ1) is 23.8. The Morgan fingerprint density at radius 1 is 1.11 bits per heavy atom. The molecule has 0 amide bonds. The van der Waals surface area contributed by atoms with Gasteiger partial charge >= 0.3 is 0 Å². The molecule has 0 unspecified atom stereocenters. The van der Waals surface area contributed by atoms with Gasteiger partial charge in [-0.15, -0.1) is 24.0 Å². The summed E-state index contributed by atoms with van der Waals surface area (Å²) in [6.45, 7) is 8.42. The number of guanidine groups is 1. The van der Waals surface area contributed by atoms with E-state index < -0.39 is 0 Å². The van der Waals surface area contributed by atoms with Crippen molar-refractivity contribution in [3.05, 3.63) is 23.8 Å². The Labute approximate surface area is 181 Å². The number of likely N-dealkylation sites (tertiary alicyclic amines) is 1. The molecule has 0 bridgehead atoms. The summed E-state index contributed by atoms with van der Waals surface area (Å²) in [5.41, 5.74) is 1.14. The Morgan fingerprint density at radius 2 is 1.81 bits per heavy atom. The van der Waals surface area contributed by atoms with Crippen LogP contribution in [0.4, 0.5) is 0 Å². The van der Waals surface area contributed by atoms with Crippen LogP contribution in [0, 0.1) is 0 Å². The summed E-state index contributed by atoms with van der Waals surface area (Å²) in [6, 6.07) is 5.89. The van der Waals surface area contributed by atoms with Gasteiger partial charge in [-0.25, -0.2) is 0 Å². The van der Waals surface area contributed by atoms with Gasteiger partial charge in [0.2, 0.25) is 0 Å². The molecule has 0 aliphatic carbocycles. The molecule has 1 heterocycles. The number of rotatable bonds is 7. The van der Waals surface area contributed by atoms with Crippen molar-refractivity contribution < 1.29 is 9.47 Å². The van der Waals surface area contributed by atoms with Gasteiger partial charge in [0.25, 0.3) is 0 Å². The highest BCUT2D eigenvalue weighted by molar-refractivity contribution is 14.0. The number of hydrogen-bond acceptors (Lipinski definition) is 4. The highest BCUT2D eigenvalue weighted by Gasteiger charge is 2.27. The SMILES string of the molecule is CN=C(NCc1cccc(OC)c1OC)NCC(C)(C)N1CCCCC1.I. The third-order valence-corrected chi connectivity index (χ3v) is 5.05. The van der Waals surface area contributed by atoms with Crippen molar-refractivity contribution >= 4 is 29.9 Å². The lowest BCUT2D eigenvalue weighted by Gasteiger charge is -2.41. The van der Waals surface area contributed by atoms with Gasteiger partial charge in [0, 0.05) is 31.2 Å². The minimum atomic E-state index is 0. The molecule has 0 spiro atoms. The van der Waals surface area contributed by atoms with Crippen molar-refractivity contribution in [3.8, 4) is 11.5 Å². The van der Waals surface area contributed by atoms with Gasteiger partial charge in [-0.05, 0) is 45.8 Å². The number of benzene rings is 1. The number of ether oxygens (including phenoxy) is 2. The van der Waals surface area contributed by atoms with Crippen LogP contribution in [0.25, 0.3) is 0 Å². The summed E-state index contributed by atoms with van der Waals surface area (Å²) in [6.07, 6.45) is 3.95. The molecule has 1 aliphatic rings. The van der Waals surface area contributed by atoms with E-state index in [0.29, 0.717) is 6.54 Å². The lowest BCUT2D eigenvalue weighted by atomic mass is 9.98. The molecular weight excluding hydrogens is 455 g/mol. The first-order valence-electron chi connectivity index (χ1n) is 9.41. The van der Waals surface area contributed by atoms with Crippen molar-refractivity contribution in [2.24, 2.45) is 4.99 Å². The van der Waals surface area contributed by atoms with Crippen LogP contribution in [-0.2, 0) is 6.54 Å². The Hall–Kier alpha value is -1.22. The van der Waals surface area contributed by atoms with Gasteiger partial charge in [-0.1, -0.05) is 18.6 Å². The van der Waals surface area contributed by atoms with Gasteiger partial charge < -0.3 is 20.1 Å². The summed E-state index contributed by atoms with van der Waals surface area (Å²) in [5.74, 6) is 2.28. The average molecular weight is 490 g/mol. The molecule has 0 atom stereocenters. The number of hydrogen-bond donors (Lipinski definition) is 2. The Balaban J connectivity index is 0.00000364. The van der Waals surface area contributed by atoms with Crippen LogP contribution in [0.15, 0.2) is 23.2 Å². The van der Waals surface area contributed by atoms with Crippen LogP contribution in [0.3, 0.4) is 0 Å². The van der Waals surface area contributed by atoms with Crippen molar-refractivity contribution in [3.63, 3.8) is 0 Å². The van der Waals surface area contributed by atoms with Gasteiger partial charge in [-0.2, -0.15) is 0 Å². The number of piperidine rings is 1. The Kier molecular flexibility index (Phi) is 10.2. The maximum Gasteiger partial charge on any atom is 0.191 e. The predicted molar refractivity (Wildman–Crippen MR) is 123 cm³/mol. The molecule has 2 N–H and O–H groups in total. The second-order valence-electron chi connectivity index (χ2n) is 7.29. The van der Waals surface area contributed by atoms with E-state index in [2.05, 4.69) is 34.4 Å². The highest BCUT2D eigenvalue weighted by Crippen LogP contribution is 2.30. The van der Waals surface area contributed by atoms with Crippen LogP contribution in [0.5, 0.6) is 11.5 Å². The Bertz CT molecular complexity index is 602. The number of methoxy groups -OCH3 is 2. The van der Waals surface area contributed by atoms with E-state index >= 15 is 0 Å². The standard InChI is InChI=1S/C20H34N4O2.HI/c1-20(2,24-12-7-6-8-13-24)15-23-19(21-3)22-14-16-10-9-11-17(25-4)18(16)26-5;/h9-11H,6-8,12-15H2,1-5H3,(H2,21,22,23);1H. The van der Waals surface area contributed by atoms with Crippen molar-refractivity contribution in [1.82, 2.24) is 15.5 Å². The normalized spacial score (nSPS) is 15.7. The van der Waals surface area contributed by atoms with E-state index in [1.165, 1.54) is 32.4 Å². The molecule has 0 saturated carbocycles. The molecule has 0 aromatic heterocycles. The van der Waals surface area contributed by atoms with E-state index in [1.807, 2.05) is 18.2 Å². The van der Waals surface area contributed by atoms with Crippen molar-refractivity contribution in [2.45, 2.75) is 45.2 Å². The maximum atomic E-state index is 5.49. The number of nitrogens with one attached hydrogen (secondary N) is 2. The molecule has 154 valence electrons. The minimum absolute atomic E-state index is 0. The first-order chi connectivity index (χ1) is 12.5. The zero-order valence-corrected chi connectivity index (χ0v) is 19.6. The smallest absolute Gasteiger partial charge is 0.191 e. The van der Waals surface area contributed by atoms with E-state index in [1.54, 1.807) is 21.3 Å². The molecule has 6 nitrogen and oxygen atoms in total. The van der Waals surface area contributed by atoms with Gasteiger partial charge in [0.15, 0.2) is 17.5 Å². The molecule has 1 aromatic rings. The van der Waals surface area contributed by atoms with Crippen molar-refractivity contribution in [2.75, 3.05) is 40.9 Å².